The number of ether oxygens (including phenoxy) is 2. The Hall–Kier alpha value is -1.16. The third kappa shape index (κ3) is 2.65. The lowest BCUT2D eigenvalue weighted by atomic mass is 9.81. The molecular formula is C11H16N2O2. The molecule has 1 fully saturated rings. The van der Waals surface area contributed by atoms with Crippen molar-refractivity contribution in [1.29, 1.82) is 0 Å². The fourth-order valence-corrected chi connectivity index (χ4v) is 1.75. The predicted molar refractivity (Wildman–Crippen MR) is 55.7 cm³/mol. The molecule has 1 heterocycles. The van der Waals surface area contributed by atoms with Gasteiger partial charge in [0.05, 0.1) is 18.5 Å². The van der Waals surface area contributed by atoms with E-state index in [1.54, 1.807) is 25.6 Å². The zero-order valence-electron chi connectivity index (χ0n) is 8.93. The average molecular weight is 208 g/mol. The molecule has 1 saturated carbocycles. The van der Waals surface area contributed by atoms with Crippen LogP contribution in [0.2, 0.25) is 0 Å². The molecule has 1 unspecified atom stereocenters. The quantitative estimate of drug-likeness (QED) is 0.738. The Balaban J connectivity index is 1.80. The molecule has 0 aliphatic heterocycles. The molecule has 0 aromatic carbocycles. The molecule has 1 aliphatic rings. The molecule has 0 amide bonds. The van der Waals surface area contributed by atoms with Crippen LogP contribution in [0.5, 0.6) is 5.75 Å². The normalized spacial score (nSPS) is 18.2. The van der Waals surface area contributed by atoms with E-state index >= 15 is 0 Å². The maximum Gasteiger partial charge on any atom is 0.141 e. The van der Waals surface area contributed by atoms with Crippen LogP contribution in [0.15, 0.2) is 18.5 Å². The van der Waals surface area contributed by atoms with Crippen LogP contribution in [-0.4, -0.2) is 30.0 Å². The van der Waals surface area contributed by atoms with Gasteiger partial charge in [-0.3, -0.25) is 0 Å². The van der Waals surface area contributed by atoms with Crippen molar-refractivity contribution in [2.75, 3.05) is 13.7 Å². The lowest BCUT2D eigenvalue weighted by molar-refractivity contribution is -0.0111. The first kappa shape index (κ1) is 10.4. The van der Waals surface area contributed by atoms with Crippen molar-refractivity contribution < 1.29 is 9.47 Å². The predicted octanol–water partition coefficient (Wildman–Crippen LogP) is 1.67. The number of nitrogens with zero attached hydrogens (tertiary/aromatic N) is 2. The first-order valence-corrected chi connectivity index (χ1v) is 5.32. The molecule has 4 heteroatoms. The highest BCUT2D eigenvalue weighted by atomic mass is 16.5. The van der Waals surface area contributed by atoms with E-state index in [1.165, 1.54) is 19.3 Å². The van der Waals surface area contributed by atoms with Crippen LogP contribution in [-0.2, 0) is 4.74 Å². The number of rotatable bonds is 5. The second-order valence-corrected chi connectivity index (χ2v) is 3.85. The fourth-order valence-electron chi connectivity index (χ4n) is 1.75. The number of hydrogen-bond acceptors (Lipinski definition) is 4. The molecule has 0 saturated heterocycles. The van der Waals surface area contributed by atoms with Gasteiger partial charge in [0.15, 0.2) is 0 Å². The molecule has 0 bridgehead atoms. The number of methoxy groups -OCH3 is 1. The highest BCUT2D eigenvalue weighted by molar-refractivity contribution is 5.12. The van der Waals surface area contributed by atoms with E-state index in [1.807, 2.05) is 0 Å². The van der Waals surface area contributed by atoms with Crippen molar-refractivity contribution in [1.82, 2.24) is 10.2 Å². The van der Waals surface area contributed by atoms with Crippen molar-refractivity contribution in [2.45, 2.75) is 25.4 Å². The van der Waals surface area contributed by atoms with Gasteiger partial charge >= 0.3 is 0 Å². The molecule has 15 heavy (non-hydrogen) atoms. The highest BCUT2D eigenvalue weighted by Gasteiger charge is 2.27. The topological polar surface area (TPSA) is 44.2 Å². The minimum atomic E-state index is 0.215. The molecular weight excluding hydrogens is 192 g/mol. The molecule has 0 N–H and O–H groups in total. The molecule has 1 aliphatic carbocycles. The molecule has 4 nitrogen and oxygen atoms in total. The lowest BCUT2D eigenvalue weighted by Gasteiger charge is -2.32. The van der Waals surface area contributed by atoms with Crippen molar-refractivity contribution in [3.63, 3.8) is 0 Å². The SMILES string of the molecule is COC(COc1ccnnc1)C1CCC1. The highest BCUT2D eigenvalue weighted by Crippen LogP contribution is 2.31. The Labute approximate surface area is 89.6 Å². The first-order chi connectivity index (χ1) is 7.40. The lowest BCUT2D eigenvalue weighted by Crippen LogP contribution is -2.33. The van der Waals surface area contributed by atoms with Gasteiger partial charge in [-0.1, -0.05) is 6.42 Å². The van der Waals surface area contributed by atoms with Gasteiger partial charge in [0, 0.05) is 13.2 Å². The standard InChI is InChI=1S/C11H16N2O2/c1-14-11(9-3-2-4-9)8-15-10-5-6-12-13-7-10/h5-7,9,11H,2-4,8H2,1H3. The third-order valence-corrected chi connectivity index (χ3v) is 2.95. The second-order valence-electron chi connectivity index (χ2n) is 3.85. The van der Waals surface area contributed by atoms with Crippen LogP contribution in [0.3, 0.4) is 0 Å². The summed E-state index contributed by atoms with van der Waals surface area (Å²) in [6.45, 7) is 0.604. The maximum atomic E-state index is 5.59. The molecule has 2 rings (SSSR count). The molecule has 1 aromatic rings. The Bertz CT molecular complexity index is 288. The smallest absolute Gasteiger partial charge is 0.141 e. The Morgan fingerprint density at radius 3 is 2.87 bits per heavy atom. The van der Waals surface area contributed by atoms with E-state index in [0.29, 0.717) is 12.5 Å². The van der Waals surface area contributed by atoms with Crippen LogP contribution in [0.4, 0.5) is 0 Å². The third-order valence-electron chi connectivity index (χ3n) is 2.95. The Morgan fingerprint density at radius 2 is 2.33 bits per heavy atom. The van der Waals surface area contributed by atoms with Crippen LogP contribution in [0.1, 0.15) is 19.3 Å². The monoisotopic (exact) mass is 208 g/mol. The summed E-state index contributed by atoms with van der Waals surface area (Å²) in [4.78, 5) is 0. The van der Waals surface area contributed by atoms with E-state index in [2.05, 4.69) is 10.2 Å². The van der Waals surface area contributed by atoms with Gasteiger partial charge in [-0.15, -0.1) is 0 Å². The van der Waals surface area contributed by atoms with Gasteiger partial charge in [0.1, 0.15) is 12.4 Å². The first-order valence-electron chi connectivity index (χ1n) is 5.32. The average Bonchev–Trinajstić information content (AvgIpc) is 2.23. The van der Waals surface area contributed by atoms with E-state index < -0.39 is 0 Å². The van der Waals surface area contributed by atoms with Gasteiger partial charge in [0.25, 0.3) is 0 Å². The van der Waals surface area contributed by atoms with Crippen molar-refractivity contribution in [3.05, 3.63) is 18.5 Å². The zero-order valence-corrected chi connectivity index (χ0v) is 8.93. The minimum absolute atomic E-state index is 0.215. The Morgan fingerprint density at radius 1 is 1.47 bits per heavy atom. The van der Waals surface area contributed by atoms with Crippen molar-refractivity contribution in [3.8, 4) is 5.75 Å². The summed E-state index contributed by atoms with van der Waals surface area (Å²) in [5.74, 6) is 1.43. The van der Waals surface area contributed by atoms with Crippen LogP contribution in [0, 0.1) is 5.92 Å². The van der Waals surface area contributed by atoms with Crippen LogP contribution < -0.4 is 4.74 Å². The van der Waals surface area contributed by atoms with E-state index in [-0.39, 0.29) is 6.10 Å². The Kier molecular flexibility index (Phi) is 3.50. The van der Waals surface area contributed by atoms with Crippen LogP contribution >= 0.6 is 0 Å². The molecule has 0 spiro atoms. The number of aromatic nitrogens is 2. The summed E-state index contributed by atoms with van der Waals surface area (Å²) in [6, 6.07) is 1.81. The van der Waals surface area contributed by atoms with Gasteiger partial charge in [-0.25, -0.2) is 0 Å². The van der Waals surface area contributed by atoms with E-state index in [9.17, 15) is 0 Å². The minimum Gasteiger partial charge on any atom is -0.489 e. The van der Waals surface area contributed by atoms with Crippen LogP contribution in [0.25, 0.3) is 0 Å². The van der Waals surface area contributed by atoms with Gasteiger partial charge in [-0.05, 0) is 18.8 Å². The largest absolute Gasteiger partial charge is 0.489 e. The van der Waals surface area contributed by atoms with Gasteiger partial charge in [-0.2, -0.15) is 10.2 Å². The molecule has 1 atom stereocenters. The summed E-state index contributed by atoms with van der Waals surface area (Å²) < 4.78 is 11.0. The molecule has 1 aromatic heterocycles. The summed E-state index contributed by atoms with van der Waals surface area (Å²) >= 11 is 0. The second kappa shape index (κ2) is 5.07. The molecule has 0 radical (unpaired) electrons. The number of hydrogen-bond donors (Lipinski definition) is 0. The van der Waals surface area contributed by atoms with Crippen molar-refractivity contribution in [2.24, 2.45) is 5.92 Å². The van der Waals surface area contributed by atoms with Crippen molar-refractivity contribution >= 4 is 0 Å². The zero-order chi connectivity index (χ0) is 10.5. The summed E-state index contributed by atoms with van der Waals surface area (Å²) in [5, 5.41) is 7.45. The van der Waals surface area contributed by atoms with E-state index in [4.69, 9.17) is 9.47 Å². The fraction of sp³-hybridized carbons (Fsp3) is 0.636. The van der Waals surface area contributed by atoms with Gasteiger partial charge < -0.3 is 9.47 Å². The van der Waals surface area contributed by atoms with E-state index in [0.717, 1.165) is 5.75 Å². The summed E-state index contributed by atoms with van der Waals surface area (Å²) in [6.07, 6.45) is 7.30. The van der Waals surface area contributed by atoms with Gasteiger partial charge in [0.2, 0.25) is 0 Å². The maximum absolute atomic E-state index is 5.59. The molecule has 82 valence electrons. The summed E-state index contributed by atoms with van der Waals surface area (Å²) in [5.41, 5.74) is 0. The summed E-state index contributed by atoms with van der Waals surface area (Å²) in [7, 11) is 1.75.